The van der Waals surface area contributed by atoms with Gasteiger partial charge in [-0.2, -0.15) is 11.8 Å². The molecule has 16 heavy (non-hydrogen) atoms. The van der Waals surface area contributed by atoms with Crippen molar-refractivity contribution < 1.29 is 0 Å². The molecule has 0 aliphatic rings. The minimum absolute atomic E-state index is 0.147. The fourth-order valence-corrected chi connectivity index (χ4v) is 2.42. The van der Waals surface area contributed by atoms with E-state index in [0.717, 1.165) is 16.7 Å². The number of nitrogens with one attached hydrogen (secondary N) is 1. The Labute approximate surface area is 99.4 Å². The fourth-order valence-electron chi connectivity index (χ4n) is 1.81. The molecule has 1 aromatic carbocycles. The second kappa shape index (κ2) is 5.30. The smallest absolute Gasteiger partial charge is 0.0571 e. The van der Waals surface area contributed by atoms with E-state index in [1.807, 2.05) is 24.5 Å². The van der Waals surface area contributed by atoms with E-state index in [1.165, 1.54) is 5.39 Å². The summed E-state index contributed by atoms with van der Waals surface area (Å²) in [6.07, 6.45) is 5.84. The fraction of sp³-hybridized carbons (Fsp3) is 0.250. The van der Waals surface area contributed by atoms with Crippen molar-refractivity contribution in [1.82, 2.24) is 10.4 Å². The maximum Gasteiger partial charge on any atom is 0.0571 e. The molecule has 1 aromatic heterocycles. The molecular formula is C12H15N3S. The van der Waals surface area contributed by atoms with Crippen molar-refractivity contribution in [3.05, 3.63) is 42.2 Å². The molecule has 84 valence electrons. The molecule has 1 heterocycles. The molecule has 3 nitrogen and oxygen atoms in total. The van der Waals surface area contributed by atoms with Crippen molar-refractivity contribution in [3.8, 4) is 0 Å². The van der Waals surface area contributed by atoms with Crippen LogP contribution in [0.4, 0.5) is 0 Å². The molecule has 2 rings (SSSR count). The van der Waals surface area contributed by atoms with Crippen molar-refractivity contribution in [2.75, 3.05) is 12.0 Å². The third kappa shape index (κ3) is 2.19. The number of nitrogens with two attached hydrogens (primary N) is 1. The second-order valence-electron chi connectivity index (χ2n) is 3.62. The van der Waals surface area contributed by atoms with Gasteiger partial charge in [0, 0.05) is 23.5 Å². The van der Waals surface area contributed by atoms with Crippen LogP contribution in [-0.4, -0.2) is 17.0 Å². The summed E-state index contributed by atoms with van der Waals surface area (Å²) in [5.74, 6) is 6.53. The number of aromatic nitrogens is 1. The van der Waals surface area contributed by atoms with Gasteiger partial charge in [-0.1, -0.05) is 24.3 Å². The maximum absolute atomic E-state index is 5.59. The van der Waals surface area contributed by atoms with Crippen molar-refractivity contribution in [3.63, 3.8) is 0 Å². The van der Waals surface area contributed by atoms with Crippen LogP contribution in [0.3, 0.4) is 0 Å². The first kappa shape index (κ1) is 11.4. The van der Waals surface area contributed by atoms with Gasteiger partial charge in [-0.3, -0.25) is 16.3 Å². The Kier molecular flexibility index (Phi) is 3.77. The summed E-state index contributed by atoms with van der Waals surface area (Å²) in [7, 11) is 0. The normalized spacial score (nSPS) is 12.9. The minimum atomic E-state index is 0.147. The van der Waals surface area contributed by atoms with Gasteiger partial charge in [0.15, 0.2) is 0 Å². The van der Waals surface area contributed by atoms with Crippen molar-refractivity contribution in [2.24, 2.45) is 5.84 Å². The molecule has 4 heteroatoms. The van der Waals surface area contributed by atoms with Crippen molar-refractivity contribution in [2.45, 2.75) is 6.04 Å². The van der Waals surface area contributed by atoms with Gasteiger partial charge in [-0.15, -0.1) is 0 Å². The van der Waals surface area contributed by atoms with Crippen LogP contribution in [0.1, 0.15) is 11.6 Å². The van der Waals surface area contributed by atoms with E-state index < -0.39 is 0 Å². The molecule has 0 fully saturated rings. The van der Waals surface area contributed by atoms with Gasteiger partial charge in [-0.05, 0) is 17.2 Å². The lowest BCUT2D eigenvalue weighted by atomic mass is 10.0. The zero-order valence-corrected chi connectivity index (χ0v) is 10.00. The van der Waals surface area contributed by atoms with Crippen LogP contribution >= 0.6 is 11.8 Å². The number of thioether (sulfide) groups is 1. The Morgan fingerprint density at radius 2 is 2.19 bits per heavy atom. The number of fused-ring (bicyclic) bond motifs is 1. The van der Waals surface area contributed by atoms with E-state index >= 15 is 0 Å². The van der Waals surface area contributed by atoms with Gasteiger partial charge in [0.05, 0.1) is 6.04 Å². The summed E-state index contributed by atoms with van der Waals surface area (Å²) < 4.78 is 0. The monoisotopic (exact) mass is 233 g/mol. The lowest BCUT2D eigenvalue weighted by Gasteiger charge is -2.16. The van der Waals surface area contributed by atoms with Crippen LogP contribution < -0.4 is 11.3 Å². The van der Waals surface area contributed by atoms with Gasteiger partial charge >= 0.3 is 0 Å². The topological polar surface area (TPSA) is 50.9 Å². The van der Waals surface area contributed by atoms with Crippen LogP contribution in [-0.2, 0) is 0 Å². The molecule has 0 bridgehead atoms. The first-order valence-corrected chi connectivity index (χ1v) is 6.54. The third-order valence-electron chi connectivity index (χ3n) is 2.61. The predicted molar refractivity (Wildman–Crippen MR) is 70.2 cm³/mol. The Morgan fingerprint density at radius 3 is 2.94 bits per heavy atom. The maximum atomic E-state index is 5.59. The number of hydrogen-bond acceptors (Lipinski definition) is 4. The third-order valence-corrected chi connectivity index (χ3v) is 3.28. The summed E-state index contributed by atoms with van der Waals surface area (Å²) in [5, 5.41) is 2.37. The van der Waals surface area contributed by atoms with Crippen LogP contribution in [0, 0.1) is 0 Å². The first-order chi connectivity index (χ1) is 7.86. The highest BCUT2D eigenvalue weighted by Gasteiger charge is 2.12. The Bertz CT molecular complexity index is 467. The molecule has 2 aromatic rings. The Morgan fingerprint density at radius 1 is 1.38 bits per heavy atom. The first-order valence-electron chi connectivity index (χ1n) is 5.14. The molecule has 0 aliphatic heterocycles. The van der Waals surface area contributed by atoms with Crippen LogP contribution in [0.5, 0.6) is 0 Å². The highest BCUT2D eigenvalue weighted by Crippen LogP contribution is 2.24. The van der Waals surface area contributed by atoms with Crippen LogP contribution in [0.15, 0.2) is 36.7 Å². The molecule has 0 spiro atoms. The second-order valence-corrected chi connectivity index (χ2v) is 4.54. The molecule has 3 N–H and O–H groups in total. The van der Waals surface area contributed by atoms with Gasteiger partial charge in [0.1, 0.15) is 0 Å². The zero-order chi connectivity index (χ0) is 11.4. The lowest BCUT2D eigenvalue weighted by molar-refractivity contribution is 0.613. The largest absolute Gasteiger partial charge is 0.271 e. The lowest BCUT2D eigenvalue weighted by Crippen LogP contribution is -2.29. The summed E-state index contributed by atoms with van der Waals surface area (Å²) in [5.41, 5.74) is 4.01. The molecular weight excluding hydrogens is 218 g/mol. The molecule has 0 amide bonds. The van der Waals surface area contributed by atoms with Gasteiger partial charge < -0.3 is 0 Å². The molecule has 1 unspecified atom stereocenters. The zero-order valence-electron chi connectivity index (χ0n) is 9.18. The summed E-state index contributed by atoms with van der Waals surface area (Å²) in [6.45, 7) is 0. The molecule has 1 atom stereocenters. The van der Waals surface area contributed by atoms with E-state index in [0.29, 0.717) is 0 Å². The number of pyridine rings is 1. The predicted octanol–water partition coefficient (Wildman–Crippen LogP) is 2.10. The average molecular weight is 233 g/mol. The van der Waals surface area contributed by atoms with E-state index in [9.17, 15) is 0 Å². The molecule has 0 saturated heterocycles. The SMILES string of the molecule is CSCC(NN)c1cncc2ccccc12. The number of hydrazine groups is 1. The Hall–Kier alpha value is -1.10. The highest BCUT2D eigenvalue weighted by molar-refractivity contribution is 7.98. The molecule has 0 aliphatic carbocycles. The average Bonchev–Trinajstić information content (AvgIpc) is 2.35. The molecule has 0 saturated carbocycles. The number of hydrogen-bond donors (Lipinski definition) is 2. The Balaban J connectivity index is 2.50. The summed E-state index contributed by atoms with van der Waals surface area (Å²) in [6, 6.07) is 8.38. The summed E-state index contributed by atoms with van der Waals surface area (Å²) >= 11 is 1.77. The molecule has 0 radical (unpaired) electrons. The number of rotatable bonds is 4. The minimum Gasteiger partial charge on any atom is -0.271 e. The van der Waals surface area contributed by atoms with E-state index in [-0.39, 0.29) is 6.04 Å². The van der Waals surface area contributed by atoms with Crippen LogP contribution in [0.25, 0.3) is 10.8 Å². The quantitative estimate of drug-likeness (QED) is 0.627. The van der Waals surface area contributed by atoms with Gasteiger partial charge in [-0.25, -0.2) is 0 Å². The summed E-state index contributed by atoms with van der Waals surface area (Å²) in [4.78, 5) is 4.26. The van der Waals surface area contributed by atoms with Crippen LogP contribution in [0.2, 0.25) is 0 Å². The number of benzene rings is 1. The standard InChI is InChI=1S/C12H15N3S/c1-16-8-12(15-13)11-7-14-6-9-4-2-3-5-10(9)11/h2-7,12,15H,8,13H2,1H3. The van der Waals surface area contributed by atoms with Gasteiger partial charge in [0.25, 0.3) is 0 Å². The van der Waals surface area contributed by atoms with Crippen molar-refractivity contribution >= 4 is 22.5 Å². The highest BCUT2D eigenvalue weighted by atomic mass is 32.2. The van der Waals surface area contributed by atoms with E-state index in [2.05, 4.69) is 28.8 Å². The van der Waals surface area contributed by atoms with Crippen molar-refractivity contribution in [1.29, 1.82) is 0 Å². The van der Waals surface area contributed by atoms with E-state index in [1.54, 1.807) is 11.8 Å². The van der Waals surface area contributed by atoms with E-state index in [4.69, 9.17) is 5.84 Å². The van der Waals surface area contributed by atoms with Gasteiger partial charge in [0.2, 0.25) is 0 Å². The number of nitrogens with zero attached hydrogens (tertiary/aromatic N) is 1.